The molecule has 9 heteroatoms. The smallest absolute Gasteiger partial charge is 0.247 e. The summed E-state index contributed by atoms with van der Waals surface area (Å²) in [6.45, 7) is 8.44. The molecule has 3 N–H and O–H groups in total. The predicted octanol–water partition coefficient (Wildman–Crippen LogP) is 5.53. The molecule has 4 rings (SSSR count). The average Bonchev–Trinajstić information content (AvgIpc) is 3.29. The number of carbonyl (C=O) groups is 1. The van der Waals surface area contributed by atoms with Crippen molar-refractivity contribution < 1.29 is 9.53 Å². The first-order chi connectivity index (χ1) is 17.9. The van der Waals surface area contributed by atoms with Crippen LogP contribution < -0.4 is 20.3 Å². The quantitative estimate of drug-likeness (QED) is 0.261. The molecule has 37 heavy (non-hydrogen) atoms. The van der Waals surface area contributed by atoms with E-state index in [1.165, 1.54) is 6.08 Å². The molecule has 0 aliphatic carbocycles. The molecular formula is C28H29N7O2. The highest BCUT2D eigenvalue weighted by Crippen LogP contribution is 2.38. The minimum Gasteiger partial charge on any atom is -0.494 e. The number of H-pyrrole nitrogens is 1. The minimum absolute atomic E-state index is 0.316. The molecule has 0 bridgehead atoms. The lowest BCUT2D eigenvalue weighted by molar-refractivity contribution is -0.111. The van der Waals surface area contributed by atoms with Crippen molar-refractivity contribution in [1.82, 2.24) is 15.0 Å². The van der Waals surface area contributed by atoms with Gasteiger partial charge in [-0.05, 0) is 49.2 Å². The van der Waals surface area contributed by atoms with Gasteiger partial charge in [0, 0.05) is 43.0 Å². The van der Waals surface area contributed by atoms with Crippen LogP contribution in [0.5, 0.6) is 5.75 Å². The monoisotopic (exact) mass is 495 g/mol. The van der Waals surface area contributed by atoms with Crippen LogP contribution in [0.4, 0.5) is 23.0 Å². The fourth-order valence-electron chi connectivity index (χ4n) is 4.19. The topological polar surface area (TPSA) is 119 Å². The standard InChI is InChI=1S/C28H29N7O2/c1-6-10-35(4)24-14-25(37-5)23(13-22(24)32-26(36)7-2)34-28-30-9-8-21(33-28)18-11-19(15-29)27-20(12-18)17(3)16-31-27/h7-9,11-14,16,31H,2,6,10H2,1,3-5H3,(H,32,36)(H,30,33,34). The summed E-state index contributed by atoms with van der Waals surface area (Å²) >= 11 is 0. The van der Waals surface area contributed by atoms with Gasteiger partial charge in [-0.25, -0.2) is 9.97 Å². The zero-order valence-electron chi connectivity index (χ0n) is 21.3. The van der Waals surface area contributed by atoms with Crippen molar-refractivity contribution in [3.8, 4) is 23.1 Å². The zero-order chi connectivity index (χ0) is 26.5. The Kier molecular flexibility index (Phi) is 7.39. The van der Waals surface area contributed by atoms with Crippen molar-refractivity contribution in [3.05, 3.63) is 66.5 Å². The number of fused-ring (bicyclic) bond motifs is 1. The highest BCUT2D eigenvalue weighted by Gasteiger charge is 2.17. The third kappa shape index (κ3) is 5.23. The molecule has 0 spiro atoms. The molecule has 2 aromatic heterocycles. The molecule has 2 aromatic carbocycles. The van der Waals surface area contributed by atoms with Crippen molar-refractivity contribution in [2.24, 2.45) is 0 Å². The number of amides is 1. The van der Waals surface area contributed by atoms with Crippen LogP contribution in [-0.2, 0) is 4.79 Å². The number of aromatic nitrogens is 3. The van der Waals surface area contributed by atoms with Crippen molar-refractivity contribution in [1.29, 1.82) is 5.26 Å². The van der Waals surface area contributed by atoms with Gasteiger partial charge < -0.3 is 25.3 Å². The number of benzene rings is 2. The fourth-order valence-corrected chi connectivity index (χ4v) is 4.19. The van der Waals surface area contributed by atoms with Crippen molar-refractivity contribution >= 4 is 39.8 Å². The lowest BCUT2D eigenvalue weighted by atomic mass is 10.0. The zero-order valence-corrected chi connectivity index (χ0v) is 21.3. The molecule has 188 valence electrons. The molecule has 2 heterocycles. The second kappa shape index (κ2) is 10.8. The van der Waals surface area contributed by atoms with Gasteiger partial charge in [-0.2, -0.15) is 5.26 Å². The van der Waals surface area contributed by atoms with Gasteiger partial charge in [-0.15, -0.1) is 0 Å². The van der Waals surface area contributed by atoms with Crippen LogP contribution in [0.1, 0.15) is 24.5 Å². The molecule has 4 aromatic rings. The van der Waals surface area contributed by atoms with E-state index in [1.807, 2.05) is 43.3 Å². The largest absolute Gasteiger partial charge is 0.494 e. The first-order valence-corrected chi connectivity index (χ1v) is 11.9. The van der Waals surface area contributed by atoms with E-state index in [0.29, 0.717) is 34.3 Å². The lowest BCUT2D eigenvalue weighted by Crippen LogP contribution is -2.21. The lowest BCUT2D eigenvalue weighted by Gasteiger charge is -2.24. The number of nitrogens with one attached hydrogen (secondary N) is 3. The molecular weight excluding hydrogens is 466 g/mol. The maximum atomic E-state index is 12.1. The van der Waals surface area contributed by atoms with Crippen molar-refractivity contribution in [2.45, 2.75) is 20.3 Å². The highest BCUT2D eigenvalue weighted by molar-refractivity contribution is 6.02. The second-order valence-electron chi connectivity index (χ2n) is 8.60. The Labute approximate surface area is 215 Å². The van der Waals surface area contributed by atoms with Gasteiger partial charge in [0.15, 0.2) is 0 Å². The van der Waals surface area contributed by atoms with Crippen LogP contribution in [0.2, 0.25) is 0 Å². The van der Waals surface area contributed by atoms with Crippen LogP contribution in [-0.4, -0.2) is 41.6 Å². The number of nitriles is 1. The van der Waals surface area contributed by atoms with Crippen LogP contribution in [0.25, 0.3) is 22.2 Å². The molecule has 0 saturated heterocycles. The predicted molar refractivity (Wildman–Crippen MR) is 147 cm³/mol. The molecule has 0 saturated carbocycles. The van der Waals surface area contributed by atoms with Gasteiger partial charge in [-0.1, -0.05) is 13.5 Å². The Morgan fingerprint density at radius 2 is 2.11 bits per heavy atom. The fraction of sp³-hybridized carbons (Fsp3) is 0.214. The SMILES string of the molecule is C=CC(=O)Nc1cc(Nc2nccc(-c3cc(C#N)c4[nH]cc(C)c4c3)n2)c(OC)cc1N(C)CCC. The maximum Gasteiger partial charge on any atom is 0.247 e. The number of hydrogen-bond acceptors (Lipinski definition) is 7. The number of aromatic amines is 1. The summed E-state index contributed by atoms with van der Waals surface area (Å²) in [5.41, 5.74) is 5.87. The number of carbonyl (C=O) groups excluding carboxylic acids is 1. The van der Waals surface area contributed by atoms with Gasteiger partial charge in [0.05, 0.1) is 40.9 Å². The van der Waals surface area contributed by atoms with E-state index >= 15 is 0 Å². The number of anilines is 4. The Bertz CT molecular complexity index is 1520. The molecule has 0 radical (unpaired) electrons. The molecule has 0 atom stereocenters. The Balaban J connectivity index is 1.74. The number of hydrogen-bond donors (Lipinski definition) is 3. The van der Waals surface area contributed by atoms with Crippen molar-refractivity contribution in [3.63, 3.8) is 0 Å². The molecule has 0 aliphatic rings. The van der Waals surface area contributed by atoms with Crippen LogP contribution in [0.15, 0.2) is 55.4 Å². The third-order valence-electron chi connectivity index (χ3n) is 6.05. The van der Waals surface area contributed by atoms with Gasteiger partial charge in [0.25, 0.3) is 0 Å². The van der Waals surface area contributed by atoms with E-state index < -0.39 is 0 Å². The van der Waals surface area contributed by atoms with E-state index in [0.717, 1.165) is 40.7 Å². The van der Waals surface area contributed by atoms with E-state index in [2.05, 4.69) is 40.2 Å². The minimum atomic E-state index is -0.316. The number of aryl methyl sites for hydroxylation is 1. The summed E-state index contributed by atoms with van der Waals surface area (Å²) in [7, 11) is 3.54. The summed E-state index contributed by atoms with van der Waals surface area (Å²) in [6.07, 6.45) is 5.71. The van der Waals surface area contributed by atoms with Crippen LogP contribution in [0.3, 0.4) is 0 Å². The average molecular weight is 496 g/mol. The van der Waals surface area contributed by atoms with Crippen LogP contribution in [0, 0.1) is 18.3 Å². The number of nitrogens with zero attached hydrogens (tertiary/aromatic N) is 4. The highest BCUT2D eigenvalue weighted by atomic mass is 16.5. The molecule has 9 nitrogen and oxygen atoms in total. The molecule has 0 fully saturated rings. The summed E-state index contributed by atoms with van der Waals surface area (Å²) in [5, 5.41) is 16.7. The van der Waals surface area contributed by atoms with Gasteiger partial charge in [0.1, 0.15) is 11.8 Å². The number of rotatable bonds is 9. The number of ether oxygens (including phenoxy) is 1. The summed E-state index contributed by atoms with van der Waals surface area (Å²) in [5.74, 6) is 0.597. The van der Waals surface area contributed by atoms with Gasteiger partial charge in [0.2, 0.25) is 11.9 Å². The first-order valence-electron chi connectivity index (χ1n) is 11.9. The Hall–Kier alpha value is -4.84. The normalized spacial score (nSPS) is 10.6. The summed E-state index contributed by atoms with van der Waals surface area (Å²) in [6, 6.07) is 11.5. The Morgan fingerprint density at radius 1 is 1.30 bits per heavy atom. The first kappa shape index (κ1) is 25.3. The number of methoxy groups -OCH3 is 1. The maximum absolute atomic E-state index is 12.1. The van der Waals surface area contributed by atoms with E-state index in [9.17, 15) is 10.1 Å². The summed E-state index contributed by atoms with van der Waals surface area (Å²) in [4.78, 5) is 26.4. The van der Waals surface area contributed by atoms with E-state index in [-0.39, 0.29) is 5.91 Å². The molecule has 1 amide bonds. The van der Waals surface area contributed by atoms with Crippen molar-refractivity contribution in [2.75, 3.05) is 36.2 Å². The van der Waals surface area contributed by atoms with Crippen LogP contribution >= 0.6 is 0 Å². The van der Waals surface area contributed by atoms with E-state index in [1.54, 1.807) is 25.4 Å². The summed E-state index contributed by atoms with van der Waals surface area (Å²) < 4.78 is 5.65. The molecule has 0 unspecified atom stereocenters. The second-order valence-corrected chi connectivity index (χ2v) is 8.60. The molecule has 0 aliphatic heterocycles. The van der Waals surface area contributed by atoms with Gasteiger partial charge in [-0.3, -0.25) is 4.79 Å². The van der Waals surface area contributed by atoms with E-state index in [4.69, 9.17) is 9.72 Å². The third-order valence-corrected chi connectivity index (χ3v) is 6.05. The van der Waals surface area contributed by atoms with Gasteiger partial charge >= 0.3 is 0 Å². The Morgan fingerprint density at radius 3 is 2.81 bits per heavy atom.